The molecule has 0 aromatic heterocycles. The van der Waals surface area contributed by atoms with Gasteiger partial charge in [-0.15, -0.1) is 0 Å². The number of carboxylic acid groups (broad SMARTS) is 1. The Labute approximate surface area is 172 Å². The van der Waals surface area contributed by atoms with Crippen molar-refractivity contribution >= 4 is 35.1 Å². The molecule has 3 rings (SSSR count). The molecule has 0 atom stereocenters. The van der Waals surface area contributed by atoms with Crippen LogP contribution in [0.25, 0.3) is 0 Å². The van der Waals surface area contributed by atoms with E-state index < -0.39 is 17.8 Å². The quantitative estimate of drug-likeness (QED) is 0.629. The maximum Gasteiger partial charge on any atom is 0.336 e. The number of amides is 2. The lowest BCUT2D eigenvalue weighted by atomic mass is 10.1. The maximum absolute atomic E-state index is 12.8. The van der Waals surface area contributed by atoms with Gasteiger partial charge in [0.2, 0.25) is 0 Å². The van der Waals surface area contributed by atoms with Gasteiger partial charge in [0.25, 0.3) is 11.8 Å². The van der Waals surface area contributed by atoms with E-state index in [0.717, 1.165) is 0 Å². The van der Waals surface area contributed by atoms with Crippen LogP contribution in [-0.2, 0) is 4.79 Å². The Morgan fingerprint density at radius 3 is 2.17 bits per heavy atom. The van der Waals surface area contributed by atoms with Gasteiger partial charge in [-0.3, -0.25) is 9.59 Å². The van der Waals surface area contributed by atoms with E-state index in [2.05, 4.69) is 10.6 Å². The zero-order valence-electron chi connectivity index (χ0n) is 15.1. The van der Waals surface area contributed by atoms with Gasteiger partial charge in [0.15, 0.2) is 0 Å². The van der Waals surface area contributed by atoms with Crippen LogP contribution in [0.1, 0.15) is 20.7 Å². The smallest absolute Gasteiger partial charge is 0.336 e. The van der Waals surface area contributed by atoms with Crippen molar-refractivity contribution in [2.45, 2.75) is 0 Å². The number of hydrogen-bond donors (Lipinski definition) is 3. The number of allylic oxidation sites excluding steroid dienone is 5. The number of rotatable bonds is 6. The number of carboxylic acids is 1. The average Bonchev–Trinajstić information content (AvgIpc) is 3.22. The number of carbonyl (C=O) groups is 3. The number of hydrogen-bond acceptors (Lipinski definition) is 3. The number of carbonyl (C=O) groups excluding carboxylic acids is 2. The number of benzene rings is 2. The van der Waals surface area contributed by atoms with Gasteiger partial charge >= 0.3 is 5.97 Å². The molecule has 0 saturated carbocycles. The topological polar surface area (TPSA) is 95.5 Å². The Kier molecular flexibility index (Phi) is 6.26. The molecule has 2 aromatic carbocycles. The third-order valence-electron chi connectivity index (χ3n) is 4.13. The van der Waals surface area contributed by atoms with Crippen LogP contribution < -0.4 is 10.6 Å². The molecule has 3 N–H and O–H groups in total. The first-order valence-electron chi connectivity index (χ1n) is 8.71. The summed E-state index contributed by atoms with van der Waals surface area (Å²) in [6, 6.07) is 12.3. The van der Waals surface area contributed by atoms with E-state index in [4.69, 9.17) is 11.6 Å². The summed E-state index contributed by atoms with van der Waals surface area (Å²) in [6.07, 6.45) is 8.96. The van der Waals surface area contributed by atoms with Crippen molar-refractivity contribution in [3.63, 3.8) is 0 Å². The second-order valence-electron chi connectivity index (χ2n) is 6.19. The lowest BCUT2D eigenvalue weighted by Gasteiger charge is -2.13. The minimum Gasteiger partial charge on any atom is -0.478 e. The van der Waals surface area contributed by atoms with Gasteiger partial charge in [-0.05, 0) is 42.5 Å². The van der Waals surface area contributed by atoms with Crippen LogP contribution in [0.4, 0.5) is 5.69 Å². The van der Waals surface area contributed by atoms with Crippen molar-refractivity contribution in [2.24, 2.45) is 5.92 Å². The summed E-state index contributed by atoms with van der Waals surface area (Å²) in [5, 5.41) is 15.1. The summed E-state index contributed by atoms with van der Waals surface area (Å²) in [7, 11) is 0. The fraction of sp³-hybridized carbons (Fsp3) is 0.0455. The largest absolute Gasteiger partial charge is 0.478 e. The zero-order valence-corrected chi connectivity index (χ0v) is 15.9. The Morgan fingerprint density at radius 2 is 1.55 bits per heavy atom. The van der Waals surface area contributed by atoms with E-state index in [9.17, 15) is 19.5 Å². The molecular formula is C22H17ClN2O4. The molecule has 0 fully saturated rings. The molecule has 7 heteroatoms. The first-order valence-corrected chi connectivity index (χ1v) is 9.09. The molecule has 146 valence electrons. The molecule has 29 heavy (non-hydrogen) atoms. The lowest BCUT2D eigenvalue weighted by Crippen LogP contribution is -2.32. The number of halogens is 1. The van der Waals surface area contributed by atoms with Gasteiger partial charge in [0, 0.05) is 16.6 Å². The van der Waals surface area contributed by atoms with E-state index in [1.54, 1.807) is 36.4 Å². The number of nitrogens with one attached hydrogen (secondary N) is 2. The lowest BCUT2D eigenvalue weighted by molar-refractivity contribution is -0.113. The molecular weight excluding hydrogens is 392 g/mol. The molecule has 0 unspecified atom stereocenters. The third kappa shape index (κ3) is 5.21. The molecule has 6 nitrogen and oxygen atoms in total. The summed E-state index contributed by atoms with van der Waals surface area (Å²) in [4.78, 5) is 36.9. The molecule has 0 saturated heterocycles. The van der Waals surface area contributed by atoms with Crippen LogP contribution in [0.15, 0.2) is 84.6 Å². The summed E-state index contributed by atoms with van der Waals surface area (Å²) in [6.45, 7) is 0. The van der Waals surface area contributed by atoms with Crippen LogP contribution in [-0.4, -0.2) is 22.9 Å². The van der Waals surface area contributed by atoms with E-state index in [1.165, 1.54) is 18.2 Å². The maximum atomic E-state index is 12.8. The monoisotopic (exact) mass is 408 g/mol. The molecule has 0 bridgehead atoms. The van der Waals surface area contributed by atoms with Crippen molar-refractivity contribution in [1.29, 1.82) is 0 Å². The zero-order chi connectivity index (χ0) is 20.8. The minimum absolute atomic E-state index is 0.00587. The summed E-state index contributed by atoms with van der Waals surface area (Å²) in [5.41, 5.74) is 0.320. The number of aromatic carboxylic acids is 1. The third-order valence-corrected chi connectivity index (χ3v) is 4.39. The van der Waals surface area contributed by atoms with Crippen molar-refractivity contribution in [3.8, 4) is 0 Å². The predicted octanol–water partition coefficient (Wildman–Crippen LogP) is 4.03. The van der Waals surface area contributed by atoms with Crippen molar-refractivity contribution in [1.82, 2.24) is 5.32 Å². The van der Waals surface area contributed by atoms with Crippen molar-refractivity contribution < 1.29 is 19.5 Å². The van der Waals surface area contributed by atoms with Crippen LogP contribution in [0.3, 0.4) is 0 Å². The minimum atomic E-state index is -1.23. The van der Waals surface area contributed by atoms with Gasteiger partial charge in [-0.1, -0.05) is 48.0 Å². The molecule has 0 spiro atoms. The first-order chi connectivity index (χ1) is 13.9. The Balaban J connectivity index is 1.86. The van der Waals surface area contributed by atoms with Crippen LogP contribution in [0.2, 0.25) is 5.02 Å². The van der Waals surface area contributed by atoms with Crippen molar-refractivity contribution in [3.05, 3.63) is 101 Å². The Morgan fingerprint density at radius 1 is 0.931 bits per heavy atom. The highest BCUT2D eigenvalue weighted by Crippen LogP contribution is 2.17. The van der Waals surface area contributed by atoms with Crippen LogP contribution in [0, 0.1) is 5.92 Å². The number of anilines is 1. The highest BCUT2D eigenvalue weighted by atomic mass is 35.5. The Hall–Kier alpha value is -3.64. The fourth-order valence-corrected chi connectivity index (χ4v) is 2.84. The summed E-state index contributed by atoms with van der Waals surface area (Å²) in [5.74, 6) is -2.63. The fourth-order valence-electron chi connectivity index (χ4n) is 2.72. The van der Waals surface area contributed by atoms with Crippen molar-refractivity contribution in [2.75, 3.05) is 5.32 Å². The van der Waals surface area contributed by atoms with Gasteiger partial charge < -0.3 is 15.7 Å². The molecule has 0 heterocycles. The molecule has 0 aliphatic heterocycles. The molecule has 2 aromatic rings. The normalized spacial score (nSPS) is 13.3. The van der Waals surface area contributed by atoms with Crippen LogP contribution in [0.5, 0.6) is 0 Å². The van der Waals surface area contributed by atoms with E-state index >= 15 is 0 Å². The first kappa shape index (κ1) is 20.1. The van der Waals surface area contributed by atoms with Gasteiger partial charge in [-0.2, -0.15) is 0 Å². The molecule has 2 amide bonds. The van der Waals surface area contributed by atoms with Gasteiger partial charge in [0.05, 0.1) is 11.1 Å². The summed E-state index contributed by atoms with van der Waals surface area (Å²) >= 11 is 5.86. The van der Waals surface area contributed by atoms with Crippen LogP contribution >= 0.6 is 11.6 Å². The Bertz CT molecular complexity index is 1030. The highest BCUT2D eigenvalue weighted by molar-refractivity contribution is 6.30. The van der Waals surface area contributed by atoms with Gasteiger partial charge in [0.1, 0.15) is 5.70 Å². The van der Waals surface area contributed by atoms with E-state index in [1.807, 2.05) is 24.3 Å². The molecule has 1 aliphatic carbocycles. The van der Waals surface area contributed by atoms with E-state index in [-0.39, 0.29) is 22.7 Å². The predicted molar refractivity (Wildman–Crippen MR) is 111 cm³/mol. The molecule has 0 radical (unpaired) electrons. The average molecular weight is 409 g/mol. The highest BCUT2D eigenvalue weighted by Gasteiger charge is 2.20. The SMILES string of the molecule is O=C(Nc1ccc(Cl)cc1)/C(=C/C1C=CC=C1)NC(=O)c1ccccc1C(=O)O. The standard InChI is InChI=1S/C22H17ClN2O4/c23-15-9-11-16(12-10-15)24-21(27)19(13-14-5-1-2-6-14)25-20(26)17-7-3-4-8-18(17)22(28)29/h1-14H,(H,24,27)(H,25,26)(H,28,29)/b19-13-. The van der Waals surface area contributed by atoms with Gasteiger partial charge in [-0.25, -0.2) is 4.79 Å². The second-order valence-corrected chi connectivity index (χ2v) is 6.63. The molecule has 1 aliphatic rings. The summed E-state index contributed by atoms with van der Waals surface area (Å²) < 4.78 is 0. The van der Waals surface area contributed by atoms with E-state index in [0.29, 0.717) is 10.7 Å². The second kappa shape index (κ2) is 9.03.